The van der Waals surface area contributed by atoms with Crippen molar-refractivity contribution in [2.75, 3.05) is 6.61 Å². The quantitative estimate of drug-likeness (QED) is 0.876. The van der Waals surface area contributed by atoms with Gasteiger partial charge in [0.25, 0.3) is 0 Å². The highest BCUT2D eigenvalue weighted by Gasteiger charge is 2.10. The van der Waals surface area contributed by atoms with Crippen LogP contribution in [-0.2, 0) is 11.2 Å². The number of carbonyl (C=O) groups is 1. The van der Waals surface area contributed by atoms with Crippen LogP contribution in [0.15, 0.2) is 22.7 Å². The van der Waals surface area contributed by atoms with E-state index in [1.807, 2.05) is 32.0 Å². The van der Waals surface area contributed by atoms with Gasteiger partial charge in [0.1, 0.15) is 0 Å². The molecule has 0 saturated heterocycles. The summed E-state index contributed by atoms with van der Waals surface area (Å²) in [5.74, 6) is -0.0451. The van der Waals surface area contributed by atoms with Crippen LogP contribution in [0.1, 0.15) is 24.5 Å². The van der Waals surface area contributed by atoms with Crippen LogP contribution in [0.25, 0.3) is 0 Å². The monoisotopic (exact) mass is 299 g/mol. The van der Waals surface area contributed by atoms with Crippen molar-refractivity contribution in [1.29, 1.82) is 0 Å². The van der Waals surface area contributed by atoms with Crippen LogP contribution >= 0.6 is 15.9 Å². The van der Waals surface area contributed by atoms with Crippen molar-refractivity contribution >= 4 is 21.8 Å². The van der Waals surface area contributed by atoms with Gasteiger partial charge < -0.3 is 10.4 Å². The Morgan fingerprint density at radius 2 is 2.24 bits per heavy atom. The minimum absolute atomic E-state index is 0.0123. The van der Waals surface area contributed by atoms with Crippen LogP contribution in [0.3, 0.4) is 0 Å². The molecule has 0 aliphatic heterocycles. The number of aryl methyl sites for hydroxylation is 1. The van der Waals surface area contributed by atoms with Crippen molar-refractivity contribution in [1.82, 2.24) is 5.32 Å². The summed E-state index contributed by atoms with van der Waals surface area (Å²) < 4.78 is 1.01. The van der Waals surface area contributed by atoms with Crippen molar-refractivity contribution in [2.24, 2.45) is 0 Å². The van der Waals surface area contributed by atoms with E-state index in [1.54, 1.807) is 0 Å². The molecule has 94 valence electrons. The molecular formula is C13H18BrNO2. The number of hydrogen-bond acceptors (Lipinski definition) is 2. The third-order valence-electron chi connectivity index (χ3n) is 2.73. The van der Waals surface area contributed by atoms with Crippen LogP contribution in [0.4, 0.5) is 0 Å². The molecule has 1 atom stereocenters. The summed E-state index contributed by atoms with van der Waals surface area (Å²) in [4.78, 5) is 11.7. The molecule has 0 aliphatic rings. The summed E-state index contributed by atoms with van der Waals surface area (Å²) in [6, 6.07) is 5.72. The van der Waals surface area contributed by atoms with E-state index < -0.39 is 0 Å². The molecule has 0 radical (unpaired) electrons. The molecule has 2 N–H and O–H groups in total. The minimum Gasteiger partial charge on any atom is -0.394 e. The van der Waals surface area contributed by atoms with E-state index in [9.17, 15) is 4.79 Å². The molecule has 0 heterocycles. The summed E-state index contributed by atoms with van der Waals surface area (Å²) in [5.41, 5.74) is 2.10. The number of halogens is 1. The molecule has 0 bridgehead atoms. The molecule has 0 saturated carbocycles. The molecule has 0 aliphatic carbocycles. The molecule has 1 unspecified atom stereocenters. The Balaban J connectivity index is 2.62. The number of amides is 1. The molecule has 1 rings (SSSR count). The lowest BCUT2D eigenvalue weighted by molar-refractivity contribution is -0.121. The molecule has 1 aromatic carbocycles. The van der Waals surface area contributed by atoms with Crippen LogP contribution in [0, 0.1) is 6.92 Å². The molecule has 0 aromatic heterocycles. The standard InChI is InChI=1S/C13H18BrNO2/c1-3-12(8-16)15-13(17)7-10-4-5-11(14)6-9(10)2/h4-6,12,16H,3,7-8H2,1-2H3,(H,15,17). The molecule has 17 heavy (non-hydrogen) atoms. The maximum Gasteiger partial charge on any atom is 0.224 e. The molecule has 1 amide bonds. The Morgan fingerprint density at radius 3 is 2.76 bits per heavy atom. The fourth-order valence-corrected chi connectivity index (χ4v) is 2.06. The molecule has 0 fully saturated rings. The molecule has 4 heteroatoms. The largest absolute Gasteiger partial charge is 0.394 e. The Hall–Kier alpha value is -0.870. The van der Waals surface area contributed by atoms with E-state index in [2.05, 4.69) is 21.2 Å². The van der Waals surface area contributed by atoms with Gasteiger partial charge in [-0.1, -0.05) is 28.9 Å². The number of hydrogen-bond donors (Lipinski definition) is 2. The van der Waals surface area contributed by atoms with Gasteiger partial charge in [-0.05, 0) is 36.6 Å². The third-order valence-corrected chi connectivity index (χ3v) is 3.23. The lowest BCUT2D eigenvalue weighted by Gasteiger charge is -2.14. The molecule has 0 spiro atoms. The van der Waals surface area contributed by atoms with E-state index in [1.165, 1.54) is 0 Å². The van der Waals surface area contributed by atoms with Gasteiger partial charge in [-0.25, -0.2) is 0 Å². The number of aliphatic hydroxyl groups is 1. The molecular weight excluding hydrogens is 282 g/mol. The zero-order chi connectivity index (χ0) is 12.8. The van der Waals surface area contributed by atoms with Gasteiger partial charge in [-0.3, -0.25) is 4.79 Å². The predicted molar refractivity (Wildman–Crippen MR) is 71.9 cm³/mol. The Labute approximate surface area is 110 Å². The Bertz CT molecular complexity index is 389. The van der Waals surface area contributed by atoms with Gasteiger partial charge >= 0.3 is 0 Å². The highest BCUT2D eigenvalue weighted by atomic mass is 79.9. The summed E-state index contributed by atoms with van der Waals surface area (Å²) in [7, 11) is 0. The second-order valence-corrected chi connectivity index (χ2v) is 5.02. The van der Waals surface area contributed by atoms with E-state index in [0.29, 0.717) is 6.42 Å². The number of aliphatic hydroxyl groups excluding tert-OH is 1. The van der Waals surface area contributed by atoms with Gasteiger partial charge in [-0.15, -0.1) is 0 Å². The molecule has 3 nitrogen and oxygen atoms in total. The highest BCUT2D eigenvalue weighted by molar-refractivity contribution is 9.10. The first-order valence-corrected chi connectivity index (χ1v) is 6.51. The van der Waals surface area contributed by atoms with E-state index in [0.717, 1.165) is 22.0 Å². The van der Waals surface area contributed by atoms with Crippen LogP contribution in [-0.4, -0.2) is 23.7 Å². The van der Waals surface area contributed by atoms with Crippen LogP contribution < -0.4 is 5.32 Å². The average Bonchev–Trinajstić information content (AvgIpc) is 2.29. The van der Waals surface area contributed by atoms with Crippen molar-refractivity contribution in [3.63, 3.8) is 0 Å². The van der Waals surface area contributed by atoms with Crippen LogP contribution in [0.2, 0.25) is 0 Å². The van der Waals surface area contributed by atoms with Crippen molar-refractivity contribution in [3.8, 4) is 0 Å². The fraction of sp³-hybridized carbons (Fsp3) is 0.462. The fourth-order valence-electron chi connectivity index (χ4n) is 1.59. The highest BCUT2D eigenvalue weighted by Crippen LogP contribution is 2.16. The van der Waals surface area contributed by atoms with Gasteiger partial charge in [0.15, 0.2) is 0 Å². The van der Waals surface area contributed by atoms with Gasteiger partial charge in [0, 0.05) is 4.47 Å². The Kier molecular flexibility index (Phi) is 5.65. The Morgan fingerprint density at radius 1 is 1.53 bits per heavy atom. The average molecular weight is 300 g/mol. The number of carbonyl (C=O) groups excluding carboxylic acids is 1. The predicted octanol–water partition coefficient (Wildman–Crippen LogP) is 2.19. The molecule has 1 aromatic rings. The zero-order valence-corrected chi connectivity index (χ0v) is 11.8. The van der Waals surface area contributed by atoms with E-state index in [4.69, 9.17) is 5.11 Å². The maximum absolute atomic E-state index is 11.7. The summed E-state index contributed by atoms with van der Waals surface area (Å²) in [5, 5.41) is 11.8. The van der Waals surface area contributed by atoms with Gasteiger partial charge in [0.2, 0.25) is 5.91 Å². The third kappa shape index (κ3) is 4.48. The number of rotatable bonds is 5. The number of benzene rings is 1. The second-order valence-electron chi connectivity index (χ2n) is 4.10. The van der Waals surface area contributed by atoms with Crippen molar-refractivity contribution in [3.05, 3.63) is 33.8 Å². The summed E-state index contributed by atoms with van der Waals surface area (Å²) >= 11 is 3.39. The van der Waals surface area contributed by atoms with Gasteiger partial charge in [0.05, 0.1) is 19.1 Å². The maximum atomic E-state index is 11.7. The second kappa shape index (κ2) is 6.77. The normalized spacial score (nSPS) is 12.2. The number of nitrogens with one attached hydrogen (secondary N) is 1. The van der Waals surface area contributed by atoms with Crippen molar-refractivity contribution in [2.45, 2.75) is 32.7 Å². The first-order valence-electron chi connectivity index (χ1n) is 5.72. The van der Waals surface area contributed by atoms with Crippen molar-refractivity contribution < 1.29 is 9.90 Å². The van der Waals surface area contributed by atoms with E-state index >= 15 is 0 Å². The minimum atomic E-state index is -0.141. The smallest absolute Gasteiger partial charge is 0.224 e. The zero-order valence-electron chi connectivity index (χ0n) is 10.2. The van der Waals surface area contributed by atoms with Gasteiger partial charge in [-0.2, -0.15) is 0 Å². The lowest BCUT2D eigenvalue weighted by atomic mass is 10.1. The first kappa shape index (κ1) is 14.2. The first-order chi connectivity index (χ1) is 8.06. The SMILES string of the molecule is CCC(CO)NC(=O)Cc1ccc(Br)cc1C. The lowest BCUT2D eigenvalue weighted by Crippen LogP contribution is -2.37. The van der Waals surface area contributed by atoms with Crippen LogP contribution in [0.5, 0.6) is 0 Å². The summed E-state index contributed by atoms with van der Waals surface area (Å²) in [6.45, 7) is 3.91. The topological polar surface area (TPSA) is 49.3 Å². The summed E-state index contributed by atoms with van der Waals surface area (Å²) in [6.07, 6.45) is 1.09. The van der Waals surface area contributed by atoms with E-state index in [-0.39, 0.29) is 18.6 Å².